The van der Waals surface area contributed by atoms with Gasteiger partial charge in [0.15, 0.2) is 0 Å². The number of hydrogen-bond acceptors (Lipinski definition) is 3. The Morgan fingerprint density at radius 3 is 2.50 bits per heavy atom. The van der Waals surface area contributed by atoms with Gasteiger partial charge >= 0.3 is 0 Å². The molecule has 1 saturated carbocycles. The number of aryl methyl sites for hydroxylation is 1. The smallest absolute Gasteiger partial charge is 0.0726 e. The number of ether oxygens (including phenoxy) is 1. The van der Waals surface area contributed by atoms with Crippen molar-refractivity contribution in [3.63, 3.8) is 0 Å². The third-order valence-corrected chi connectivity index (χ3v) is 5.58. The first-order valence-electron chi connectivity index (χ1n) is 9.62. The molecule has 0 bridgehead atoms. The van der Waals surface area contributed by atoms with E-state index in [2.05, 4.69) is 42.2 Å². The van der Waals surface area contributed by atoms with Gasteiger partial charge in [0.2, 0.25) is 0 Å². The number of para-hydroxylation sites is 1. The van der Waals surface area contributed by atoms with E-state index >= 15 is 0 Å². The average molecular weight is 324 g/mol. The van der Waals surface area contributed by atoms with Crippen molar-refractivity contribution in [1.29, 1.82) is 0 Å². The Bertz CT molecular complexity index is 685. The molecule has 2 aliphatic rings. The second kappa shape index (κ2) is 7.10. The molecule has 1 saturated heterocycles. The molecule has 2 fully saturated rings. The Kier molecular flexibility index (Phi) is 4.70. The van der Waals surface area contributed by atoms with E-state index in [-0.39, 0.29) is 0 Å². The minimum atomic E-state index is 0.461. The van der Waals surface area contributed by atoms with Crippen LogP contribution in [0, 0.1) is 0 Å². The molecule has 2 heterocycles. The van der Waals surface area contributed by atoms with Crippen LogP contribution in [0.5, 0.6) is 0 Å². The van der Waals surface area contributed by atoms with Crippen molar-refractivity contribution in [3.8, 4) is 0 Å². The first-order chi connectivity index (χ1) is 11.8. The number of pyridine rings is 1. The molecular formula is C21H28N2O. The number of fused-ring (bicyclic) bond motifs is 1. The van der Waals surface area contributed by atoms with Crippen molar-refractivity contribution in [1.82, 2.24) is 4.98 Å². The first-order valence-corrected chi connectivity index (χ1v) is 9.62. The summed E-state index contributed by atoms with van der Waals surface area (Å²) in [6.45, 7) is 4.37. The molecule has 0 spiro atoms. The highest BCUT2D eigenvalue weighted by Gasteiger charge is 2.25. The predicted octanol–water partition coefficient (Wildman–Crippen LogP) is 4.73. The number of anilines is 1. The lowest BCUT2D eigenvalue weighted by Gasteiger charge is -2.35. The van der Waals surface area contributed by atoms with Crippen molar-refractivity contribution in [2.24, 2.45) is 0 Å². The standard InChI is InChI=1S/C21H28N2O/c1-2-16-15-21(19-9-5-6-10-20(19)22-16)23-13-11-18(12-14-23)24-17-7-3-4-8-17/h5-6,9-10,15,17-18H,2-4,7-8,11-14H2,1H3. The van der Waals surface area contributed by atoms with Crippen molar-refractivity contribution in [2.75, 3.05) is 18.0 Å². The molecule has 128 valence electrons. The van der Waals surface area contributed by atoms with Crippen LogP contribution in [0.2, 0.25) is 0 Å². The second-order valence-electron chi connectivity index (χ2n) is 7.23. The van der Waals surface area contributed by atoms with Crippen LogP contribution in [0.1, 0.15) is 51.1 Å². The van der Waals surface area contributed by atoms with Gasteiger partial charge in [0, 0.05) is 29.9 Å². The normalized spacial score (nSPS) is 20.1. The molecule has 0 atom stereocenters. The molecule has 0 radical (unpaired) electrons. The van der Waals surface area contributed by atoms with Crippen molar-refractivity contribution < 1.29 is 4.74 Å². The average Bonchev–Trinajstić information content (AvgIpc) is 3.14. The minimum absolute atomic E-state index is 0.461. The molecule has 3 nitrogen and oxygen atoms in total. The highest BCUT2D eigenvalue weighted by molar-refractivity contribution is 5.92. The van der Waals surface area contributed by atoms with Crippen molar-refractivity contribution >= 4 is 16.6 Å². The Labute approximate surface area is 145 Å². The fraction of sp³-hybridized carbons (Fsp3) is 0.571. The van der Waals surface area contributed by atoms with Crippen LogP contribution in [0.3, 0.4) is 0 Å². The summed E-state index contributed by atoms with van der Waals surface area (Å²) in [5.41, 5.74) is 3.67. The second-order valence-corrected chi connectivity index (χ2v) is 7.23. The summed E-state index contributed by atoms with van der Waals surface area (Å²) in [7, 11) is 0. The molecule has 1 aromatic heterocycles. The van der Waals surface area contributed by atoms with Gasteiger partial charge in [-0.15, -0.1) is 0 Å². The highest BCUT2D eigenvalue weighted by atomic mass is 16.5. The fourth-order valence-electron chi connectivity index (χ4n) is 4.18. The molecule has 0 unspecified atom stereocenters. The van der Waals surface area contributed by atoms with E-state index < -0.39 is 0 Å². The SMILES string of the molecule is CCc1cc(N2CCC(OC3CCCC3)CC2)c2ccccc2n1. The van der Waals surface area contributed by atoms with Gasteiger partial charge in [-0.3, -0.25) is 4.98 Å². The van der Waals surface area contributed by atoms with E-state index in [4.69, 9.17) is 9.72 Å². The number of nitrogens with zero attached hydrogens (tertiary/aromatic N) is 2. The summed E-state index contributed by atoms with van der Waals surface area (Å²) in [5, 5.41) is 1.28. The summed E-state index contributed by atoms with van der Waals surface area (Å²) in [6, 6.07) is 10.8. The van der Waals surface area contributed by atoms with Gasteiger partial charge in [-0.05, 0) is 44.2 Å². The Morgan fingerprint density at radius 1 is 1.04 bits per heavy atom. The van der Waals surface area contributed by atoms with Gasteiger partial charge in [0.25, 0.3) is 0 Å². The minimum Gasteiger partial charge on any atom is -0.375 e. The van der Waals surface area contributed by atoms with Crippen LogP contribution < -0.4 is 4.90 Å². The van der Waals surface area contributed by atoms with Crippen molar-refractivity contribution in [2.45, 2.75) is 64.1 Å². The first kappa shape index (κ1) is 15.9. The van der Waals surface area contributed by atoms with E-state index in [9.17, 15) is 0 Å². The monoisotopic (exact) mass is 324 g/mol. The van der Waals surface area contributed by atoms with E-state index in [0.717, 1.165) is 37.9 Å². The van der Waals surface area contributed by atoms with E-state index in [0.29, 0.717) is 12.2 Å². The lowest BCUT2D eigenvalue weighted by molar-refractivity contribution is -0.0194. The van der Waals surface area contributed by atoms with Gasteiger partial charge in [-0.2, -0.15) is 0 Å². The van der Waals surface area contributed by atoms with Crippen LogP contribution in [-0.4, -0.2) is 30.3 Å². The van der Waals surface area contributed by atoms with Crippen LogP contribution in [0.25, 0.3) is 10.9 Å². The molecule has 1 aromatic carbocycles. The third kappa shape index (κ3) is 3.27. The summed E-state index contributed by atoms with van der Waals surface area (Å²) in [6.07, 6.45) is 9.53. The Balaban J connectivity index is 1.49. The number of piperidine rings is 1. The maximum absolute atomic E-state index is 6.33. The third-order valence-electron chi connectivity index (χ3n) is 5.58. The maximum Gasteiger partial charge on any atom is 0.0726 e. The molecule has 0 amide bonds. The van der Waals surface area contributed by atoms with Gasteiger partial charge in [0.05, 0.1) is 17.7 Å². The summed E-state index contributed by atoms with van der Waals surface area (Å²) < 4.78 is 6.33. The van der Waals surface area contributed by atoms with E-state index in [1.807, 2.05) is 0 Å². The number of hydrogen-bond donors (Lipinski definition) is 0. The number of benzene rings is 1. The molecule has 1 aliphatic heterocycles. The summed E-state index contributed by atoms with van der Waals surface area (Å²) in [4.78, 5) is 7.32. The lowest BCUT2D eigenvalue weighted by Crippen LogP contribution is -2.38. The zero-order chi connectivity index (χ0) is 16.4. The van der Waals surface area contributed by atoms with Crippen LogP contribution >= 0.6 is 0 Å². The molecular weight excluding hydrogens is 296 g/mol. The molecule has 0 N–H and O–H groups in total. The molecule has 1 aliphatic carbocycles. The zero-order valence-corrected chi connectivity index (χ0v) is 14.7. The van der Waals surface area contributed by atoms with Crippen LogP contribution in [0.4, 0.5) is 5.69 Å². The van der Waals surface area contributed by atoms with Crippen LogP contribution in [0.15, 0.2) is 30.3 Å². The summed E-state index contributed by atoms with van der Waals surface area (Å²) in [5.74, 6) is 0. The number of aromatic nitrogens is 1. The fourth-order valence-corrected chi connectivity index (χ4v) is 4.18. The lowest BCUT2D eigenvalue weighted by atomic mass is 10.0. The largest absolute Gasteiger partial charge is 0.375 e. The van der Waals surface area contributed by atoms with Gasteiger partial charge in [-0.25, -0.2) is 0 Å². The van der Waals surface area contributed by atoms with Gasteiger partial charge in [0.1, 0.15) is 0 Å². The molecule has 24 heavy (non-hydrogen) atoms. The molecule has 4 rings (SSSR count). The Hall–Kier alpha value is -1.61. The van der Waals surface area contributed by atoms with E-state index in [1.54, 1.807) is 0 Å². The number of rotatable bonds is 4. The van der Waals surface area contributed by atoms with Crippen LogP contribution in [-0.2, 0) is 11.2 Å². The molecule has 3 heteroatoms. The Morgan fingerprint density at radius 2 is 1.75 bits per heavy atom. The topological polar surface area (TPSA) is 25.4 Å². The van der Waals surface area contributed by atoms with E-state index in [1.165, 1.54) is 42.5 Å². The summed E-state index contributed by atoms with van der Waals surface area (Å²) >= 11 is 0. The highest BCUT2D eigenvalue weighted by Crippen LogP contribution is 2.31. The zero-order valence-electron chi connectivity index (χ0n) is 14.7. The van der Waals surface area contributed by atoms with Gasteiger partial charge in [-0.1, -0.05) is 38.0 Å². The predicted molar refractivity (Wildman–Crippen MR) is 99.7 cm³/mol. The van der Waals surface area contributed by atoms with Crippen molar-refractivity contribution in [3.05, 3.63) is 36.0 Å². The quantitative estimate of drug-likeness (QED) is 0.813. The van der Waals surface area contributed by atoms with Gasteiger partial charge < -0.3 is 9.64 Å². The molecule has 2 aromatic rings. The maximum atomic E-state index is 6.33.